The van der Waals surface area contributed by atoms with Crippen molar-refractivity contribution in [3.63, 3.8) is 0 Å². The van der Waals surface area contributed by atoms with Crippen molar-refractivity contribution in [1.29, 1.82) is 0 Å². The molecule has 21 heavy (non-hydrogen) atoms. The van der Waals surface area contributed by atoms with Crippen molar-refractivity contribution in [1.82, 2.24) is 10.6 Å². The number of benzene rings is 1. The van der Waals surface area contributed by atoms with E-state index in [1.54, 1.807) is 19.1 Å². The van der Waals surface area contributed by atoms with Gasteiger partial charge in [0, 0.05) is 6.54 Å². The van der Waals surface area contributed by atoms with Crippen molar-refractivity contribution in [2.45, 2.75) is 38.8 Å². The highest BCUT2D eigenvalue weighted by Gasteiger charge is 2.20. The van der Waals surface area contributed by atoms with Gasteiger partial charge in [0.2, 0.25) is 11.8 Å². The Kier molecular flexibility index (Phi) is 6.68. The number of phenolic OH excluding ortho intramolecular Hbond substituents is 1. The van der Waals surface area contributed by atoms with E-state index in [0.29, 0.717) is 12.1 Å². The molecule has 1 aromatic carbocycles. The average molecular weight is 293 g/mol. The minimum atomic E-state index is -0.878. The molecule has 6 nitrogen and oxygen atoms in total. The number of hydrogen-bond acceptors (Lipinski definition) is 4. The molecule has 0 aromatic heterocycles. The van der Waals surface area contributed by atoms with Gasteiger partial charge in [-0.2, -0.15) is 0 Å². The summed E-state index contributed by atoms with van der Waals surface area (Å²) in [6.45, 7) is 4.25. The summed E-state index contributed by atoms with van der Waals surface area (Å²) < 4.78 is 0. The fourth-order valence-corrected chi connectivity index (χ4v) is 1.74. The smallest absolute Gasteiger partial charge is 0.242 e. The normalized spacial score (nSPS) is 13.3. The molecule has 6 heteroatoms. The molecule has 0 aliphatic carbocycles. The van der Waals surface area contributed by atoms with Gasteiger partial charge >= 0.3 is 0 Å². The summed E-state index contributed by atoms with van der Waals surface area (Å²) in [6.07, 6.45) is 1.90. The highest BCUT2D eigenvalue weighted by Crippen LogP contribution is 2.15. The van der Waals surface area contributed by atoms with Crippen molar-refractivity contribution < 1.29 is 14.7 Å². The van der Waals surface area contributed by atoms with E-state index in [4.69, 9.17) is 5.73 Å². The van der Waals surface area contributed by atoms with Gasteiger partial charge in [-0.05, 0) is 31.0 Å². The van der Waals surface area contributed by atoms with E-state index in [0.717, 1.165) is 12.8 Å². The molecule has 116 valence electrons. The Morgan fingerprint density at radius 2 is 1.86 bits per heavy atom. The number of carbonyl (C=O) groups is 2. The Hall–Kier alpha value is -2.08. The lowest BCUT2D eigenvalue weighted by atomic mass is 10.1. The standard InChI is InChI=1S/C15H23N3O3/c1-3-4-9-17-14(20)10(2)18-15(21)13(16)11-5-7-12(19)8-6-11/h5-8,10,13,19H,3-4,9,16H2,1-2H3,(H,17,20)(H,18,21)/t10-,13+/m0/s1. The van der Waals surface area contributed by atoms with Crippen molar-refractivity contribution in [3.8, 4) is 5.75 Å². The largest absolute Gasteiger partial charge is 0.508 e. The number of hydrogen-bond donors (Lipinski definition) is 4. The zero-order valence-corrected chi connectivity index (χ0v) is 12.4. The first kappa shape index (κ1) is 17.0. The molecule has 0 saturated carbocycles. The number of rotatable bonds is 7. The number of phenols is 1. The van der Waals surface area contributed by atoms with Gasteiger partial charge in [-0.15, -0.1) is 0 Å². The summed E-state index contributed by atoms with van der Waals surface area (Å²) in [6, 6.07) is 4.55. The van der Waals surface area contributed by atoms with Crippen LogP contribution in [0.1, 0.15) is 38.3 Å². The van der Waals surface area contributed by atoms with Gasteiger partial charge in [0.25, 0.3) is 0 Å². The van der Waals surface area contributed by atoms with Crippen LogP contribution < -0.4 is 16.4 Å². The van der Waals surface area contributed by atoms with E-state index in [-0.39, 0.29) is 11.7 Å². The van der Waals surface area contributed by atoms with Crippen LogP contribution in [-0.4, -0.2) is 29.5 Å². The van der Waals surface area contributed by atoms with Crippen LogP contribution in [0, 0.1) is 0 Å². The second-order valence-corrected chi connectivity index (χ2v) is 4.94. The van der Waals surface area contributed by atoms with Crippen LogP contribution in [0.25, 0.3) is 0 Å². The minimum absolute atomic E-state index is 0.107. The molecule has 1 aromatic rings. The minimum Gasteiger partial charge on any atom is -0.508 e. The molecule has 0 saturated heterocycles. The van der Waals surface area contributed by atoms with Crippen molar-refractivity contribution in [2.24, 2.45) is 5.73 Å². The number of nitrogens with two attached hydrogens (primary N) is 1. The van der Waals surface area contributed by atoms with Crippen LogP contribution in [0.4, 0.5) is 0 Å². The topological polar surface area (TPSA) is 104 Å². The van der Waals surface area contributed by atoms with Gasteiger partial charge in [-0.1, -0.05) is 25.5 Å². The number of carbonyl (C=O) groups excluding carboxylic acids is 2. The second kappa shape index (κ2) is 8.26. The Labute approximate surface area is 124 Å². The molecule has 2 amide bonds. The maximum absolute atomic E-state index is 12.0. The van der Waals surface area contributed by atoms with Gasteiger partial charge in [-0.25, -0.2) is 0 Å². The van der Waals surface area contributed by atoms with Crippen LogP contribution in [0.2, 0.25) is 0 Å². The summed E-state index contributed by atoms with van der Waals surface area (Å²) in [5.74, 6) is -0.552. The highest BCUT2D eigenvalue weighted by atomic mass is 16.3. The molecule has 0 aliphatic heterocycles. The zero-order valence-electron chi connectivity index (χ0n) is 12.4. The summed E-state index contributed by atoms with van der Waals surface area (Å²) in [5, 5.41) is 14.5. The second-order valence-electron chi connectivity index (χ2n) is 4.94. The molecule has 0 spiro atoms. The molecular formula is C15H23N3O3. The van der Waals surface area contributed by atoms with Gasteiger partial charge in [-0.3, -0.25) is 9.59 Å². The molecule has 1 rings (SSSR count). The third-order valence-corrected chi connectivity index (χ3v) is 3.12. The summed E-state index contributed by atoms with van der Waals surface area (Å²) in [5.41, 5.74) is 6.41. The fourth-order valence-electron chi connectivity index (χ4n) is 1.74. The van der Waals surface area contributed by atoms with Gasteiger partial charge in [0.15, 0.2) is 0 Å². The van der Waals surface area contributed by atoms with E-state index >= 15 is 0 Å². The molecule has 0 fully saturated rings. The number of nitrogens with one attached hydrogen (secondary N) is 2. The maximum atomic E-state index is 12.0. The molecule has 0 heterocycles. The molecule has 5 N–H and O–H groups in total. The van der Waals surface area contributed by atoms with Crippen LogP contribution in [0.3, 0.4) is 0 Å². The molecule has 0 aliphatic rings. The number of amides is 2. The fraction of sp³-hybridized carbons (Fsp3) is 0.467. The SMILES string of the molecule is CCCCNC(=O)[C@H](C)NC(=O)[C@H](N)c1ccc(O)cc1. The first-order valence-corrected chi connectivity index (χ1v) is 7.08. The van der Waals surface area contributed by atoms with E-state index in [2.05, 4.69) is 10.6 Å². The average Bonchev–Trinajstić information content (AvgIpc) is 2.47. The van der Waals surface area contributed by atoms with E-state index < -0.39 is 18.0 Å². The molecule has 2 atom stereocenters. The van der Waals surface area contributed by atoms with Crippen molar-refractivity contribution >= 4 is 11.8 Å². The number of unbranched alkanes of at least 4 members (excludes halogenated alkanes) is 1. The third-order valence-electron chi connectivity index (χ3n) is 3.12. The van der Waals surface area contributed by atoms with Crippen molar-refractivity contribution in [3.05, 3.63) is 29.8 Å². The summed E-state index contributed by atoms with van der Waals surface area (Å²) >= 11 is 0. The lowest BCUT2D eigenvalue weighted by Gasteiger charge is -2.17. The van der Waals surface area contributed by atoms with E-state index in [9.17, 15) is 14.7 Å². The highest BCUT2D eigenvalue weighted by molar-refractivity contribution is 5.89. The van der Waals surface area contributed by atoms with Crippen LogP contribution in [-0.2, 0) is 9.59 Å². The molecular weight excluding hydrogens is 270 g/mol. The van der Waals surface area contributed by atoms with Gasteiger partial charge < -0.3 is 21.5 Å². The maximum Gasteiger partial charge on any atom is 0.242 e. The van der Waals surface area contributed by atoms with Crippen LogP contribution in [0.5, 0.6) is 5.75 Å². The Morgan fingerprint density at radius 1 is 1.24 bits per heavy atom. The first-order chi connectivity index (χ1) is 9.95. The third kappa shape index (κ3) is 5.43. The Bertz CT molecular complexity index is 474. The van der Waals surface area contributed by atoms with Gasteiger partial charge in [0.05, 0.1) is 0 Å². The van der Waals surface area contributed by atoms with Crippen molar-refractivity contribution in [2.75, 3.05) is 6.54 Å². The molecule has 0 radical (unpaired) electrons. The number of aromatic hydroxyl groups is 1. The first-order valence-electron chi connectivity index (χ1n) is 7.08. The predicted octanol–water partition coefficient (Wildman–Crippen LogP) is 0.813. The Morgan fingerprint density at radius 3 is 2.43 bits per heavy atom. The predicted molar refractivity (Wildman–Crippen MR) is 80.6 cm³/mol. The summed E-state index contributed by atoms with van der Waals surface area (Å²) in [7, 11) is 0. The lowest BCUT2D eigenvalue weighted by Crippen LogP contribution is -2.47. The van der Waals surface area contributed by atoms with E-state index in [1.165, 1.54) is 12.1 Å². The van der Waals surface area contributed by atoms with Crippen LogP contribution >= 0.6 is 0 Å². The quantitative estimate of drug-likeness (QED) is 0.558. The monoisotopic (exact) mass is 293 g/mol. The van der Waals surface area contributed by atoms with Crippen LogP contribution in [0.15, 0.2) is 24.3 Å². The Balaban J connectivity index is 2.51. The molecule has 0 bridgehead atoms. The summed E-state index contributed by atoms with van der Waals surface area (Å²) in [4.78, 5) is 23.8. The van der Waals surface area contributed by atoms with Gasteiger partial charge in [0.1, 0.15) is 17.8 Å². The molecule has 0 unspecified atom stereocenters. The van der Waals surface area contributed by atoms with E-state index in [1.807, 2.05) is 6.92 Å². The zero-order chi connectivity index (χ0) is 15.8. The lowest BCUT2D eigenvalue weighted by molar-refractivity contribution is -0.129.